The minimum Gasteiger partial charge on any atom is -0.343 e. The zero-order valence-electron chi connectivity index (χ0n) is 8.41. The highest BCUT2D eigenvalue weighted by molar-refractivity contribution is 5.81. The first-order valence-electron chi connectivity index (χ1n) is 4.48. The van der Waals surface area contributed by atoms with Crippen LogP contribution in [0.25, 0.3) is 0 Å². The molecule has 1 aliphatic rings. The van der Waals surface area contributed by atoms with E-state index in [1.165, 1.54) is 0 Å². The van der Waals surface area contributed by atoms with E-state index in [1.54, 1.807) is 18.9 Å². The quantitative estimate of drug-likeness (QED) is 0.593. The number of hydrogen-bond acceptors (Lipinski definition) is 3. The van der Waals surface area contributed by atoms with Gasteiger partial charge in [0.15, 0.2) is 0 Å². The molecular formula is C9H16N2O2. The van der Waals surface area contributed by atoms with Gasteiger partial charge in [-0.1, -0.05) is 0 Å². The lowest BCUT2D eigenvalue weighted by atomic mass is 10.2. The van der Waals surface area contributed by atoms with Crippen LogP contribution in [0.2, 0.25) is 0 Å². The van der Waals surface area contributed by atoms with Gasteiger partial charge in [-0.05, 0) is 13.8 Å². The molecule has 4 nitrogen and oxygen atoms in total. The summed E-state index contributed by atoms with van der Waals surface area (Å²) >= 11 is 0. The molecule has 74 valence electrons. The van der Waals surface area contributed by atoms with Crippen LogP contribution < -0.4 is 0 Å². The van der Waals surface area contributed by atoms with Crippen LogP contribution in [0.1, 0.15) is 13.8 Å². The molecule has 13 heavy (non-hydrogen) atoms. The largest absolute Gasteiger partial charge is 0.343 e. The van der Waals surface area contributed by atoms with Crippen molar-refractivity contribution in [3.63, 3.8) is 0 Å². The van der Waals surface area contributed by atoms with Crippen molar-refractivity contribution in [1.29, 1.82) is 0 Å². The number of amides is 1. The van der Waals surface area contributed by atoms with Gasteiger partial charge in [0.25, 0.3) is 0 Å². The standard InChI is InChI=1S/C9H16N2O2/c1-7-4-10(3)9(13)6-11(7)5-8(2)12/h7H,4-6H2,1-3H3. The number of nitrogens with zero attached hydrogens (tertiary/aromatic N) is 2. The van der Waals surface area contributed by atoms with E-state index < -0.39 is 0 Å². The molecule has 0 aromatic carbocycles. The fraction of sp³-hybridized carbons (Fsp3) is 0.778. The molecular weight excluding hydrogens is 168 g/mol. The SMILES string of the molecule is CC(=O)CN1CC(=O)N(C)CC1C. The molecule has 1 fully saturated rings. The summed E-state index contributed by atoms with van der Waals surface area (Å²) in [4.78, 5) is 25.8. The van der Waals surface area contributed by atoms with Crippen molar-refractivity contribution >= 4 is 11.7 Å². The van der Waals surface area contributed by atoms with Crippen molar-refractivity contribution in [3.05, 3.63) is 0 Å². The third-order valence-electron chi connectivity index (χ3n) is 2.35. The average Bonchev–Trinajstić information content (AvgIpc) is 1.99. The second kappa shape index (κ2) is 3.87. The normalized spacial score (nSPS) is 25.0. The Bertz CT molecular complexity index is 228. The van der Waals surface area contributed by atoms with E-state index in [2.05, 4.69) is 0 Å². The number of piperazine rings is 1. The maximum absolute atomic E-state index is 11.3. The fourth-order valence-electron chi connectivity index (χ4n) is 1.56. The summed E-state index contributed by atoms with van der Waals surface area (Å²) in [7, 11) is 1.80. The number of ketones is 1. The lowest BCUT2D eigenvalue weighted by molar-refractivity contribution is -0.137. The highest BCUT2D eigenvalue weighted by Crippen LogP contribution is 2.08. The lowest BCUT2D eigenvalue weighted by Gasteiger charge is -2.36. The van der Waals surface area contributed by atoms with Crippen LogP contribution in [0.3, 0.4) is 0 Å². The van der Waals surface area contributed by atoms with Crippen molar-refractivity contribution in [2.24, 2.45) is 0 Å². The highest BCUT2D eigenvalue weighted by Gasteiger charge is 2.27. The second-order valence-electron chi connectivity index (χ2n) is 3.73. The van der Waals surface area contributed by atoms with Crippen LogP contribution in [0.4, 0.5) is 0 Å². The molecule has 0 aliphatic carbocycles. The summed E-state index contributed by atoms with van der Waals surface area (Å²) in [5.74, 6) is 0.212. The van der Waals surface area contributed by atoms with Gasteiger partial charge >= 0.3 is 0 Å². The van der Waals surface area contributed by atoms with Crippen LogP contribution >= 0.6 is 0 Å². The van der Waals surface area contributed by atoms with Crippen LogP contribution in [-0.2, 0) is 9.59 Å². The third-order valence-corrected chi connectivity index (χ3v) is 2.35. The fourth-order valence-corrected chi connectivity index (χ4v) is 1.56. The minimum absolute atomic E-state index is 0.0966. The molecule has 1 saturated heterocycles. The first-order chi connectivity index (χ1) is 6.00. The van der Waals surface area contributed by atoms with Crippen molar-refractivity contribution in [2.75, 3.05) is 26.7 Å². The minimum atomic E-state index is 0.0966. The summed E-state index contributed by atoms with van der Waals surface area (Å²) in [6.45, 7) is 5.06. The second-order valence-corrected chi connectivity index (χ2v) is 3.73. The molecule has 1 unspecified atom stereocenters. The van der Waals surface area contributed by atoms with Crippen molar-refractivity contribution in [2.45, 2.75) is 19.9 Å². The highest BCUT2D eigenvalue weighted by atomic mass is 16.2. The summed E-state index contributed by atoms with van der Waals surface area (Å²) in [6.07, 6.45) is 0. The van der Waals surface area contributed by atoms with E-state index in [0.717, 1.165) is 0 Å². The molecule has 1 atom stereocenters. The first kappa shape index (κ1) is 10.2. The van der Waals surface area contributed by atoms with Crippen LogP contribution in [0, 0.1) is 0 Å². The number of rotatable bonds is 2. The van der Waals surface area contributed by atoms with Gasteiger partial charge in [0.1, 0.15) is 5.78 Å². The zero-order valence-corrected chi connectivity index (χ0v) is 8.41. The molecule has 0 saturated carbocycles. The molecule has 4 heteroatoms. The van der Waals surface area contributed by atoms with Gasteiger partial charge in [-0.15, -0.1) is 0 Å². The predicted octanol–water partition coefficient (Wildman–Crippen LogP) is -0.262. The van der Waals surface area contributed by atoms with Crippen molar-refractivity contribution in [1.82, 2.24) is 9.80 Å². The Morgan fingerprint density at radius 3 is 2.77 bits per heavy atom. The zero-order chi connectivity index (χ0) is 10.0. The lowest BCUT2D eigenvalue weighted by Crippen LogP contribution is -2.54. The van der Waals surface area contributed by atoms with Gasteiger partial charge in [0.05, 0.1) is 13.1 Å². The van der Waals surface area contributed by atoms with Crippen LogP contribution in [0.15, 0.2) is 0 Å². The molecule has 0 radical (unpaired) electrons. The summed E-state index contributed by atoms with van der Waals surface area (Å²) in [5, 5.41) is 0. The molecule has 1 heterocycles. The monoisotopic (exact) mass is 184 g/mol. The maximum atomic E-state index is 11.3. The number of carbonyl (C=O) groups is 2. The van der Waals surface area contributed by atoms with Gasteiger partial charge in [-0.25, -0.2) is 0 Å². The Kier molecular flexibility index (Phi) is 3.03. The van der Waals surface area contributed by atoms with E-state index in [1.807, 2.05) is 11.8 Å². The van der Waals surface area contributed by atoms with Gasteiger partial charge in [0, 0.05) is 19.6 Å². The smallest absolute Gasteiger partial charge is 0.236 e. The van der Waals surface area contributed by atoms with Crippen LogP contribution in [0.5, 0.6) is 0 Å². The van der Waals surface area contributed by atoms with Gasteiger partial charge in [-0.2, -0.15) is 0 Å². The van der Waals surface area contributed by atoms with E-state index in [4.69, 9.17) is 0 Å². The molecule has 0 spiro atoms. The molecule has 0 N–H and O–H groups in total. The van der Waals surface area contributed by atoms with E-state index in [9.17, 15) is 9.59 Å². The Morgan fingerprint density at radius 2 is 2.23 bits per heavy atom. The molecule has 0 aromatic heterocycles. The van der Waals surface area contributed by atoms with Crippen molar-refractivity contribution in [3.8, 4) is 0 Å². The van der Waals surface area contributed by atoms with Gasteiger partial charge < -0.3 is 4.90 Å². The summed E-state index contributed by atoms with van der Waals surface area (Å²) < 4.78 is 0. The number of likely N-dealkylation sites (N-methyl/N-ethyl adjacent to an activating group) is 1. The first-order valence-corrected chi connectivity index (χ1v) is 4.48. The summed E-state index contributed by atoms with van der Waals surface area (Å²) in [6, 6.07) is 0.284. The Morgan fingerprint density at radius 1 is 1.62 bits per heavy atom. The Balaban J connectivity index is 2.56. The van der Waals surface area contributed by atoms with Gasteiger partial charge in [-0.3, -0.25) is 14.5 Å². The van der Waals surface area contributed by atoms with E-state index in [0.29, 0.717) is 19.6 Å². The Hall–Kier alpha value is -0.900. The average molecular weight is 184 g/mol. The molecule has 0 bridgehead atoms. The third kappa shape index (κ3) is 2.52. The predicted molar refractivity (Wildman–Crippen MR) is 49.4 cm³/mol. The molecule has 0 aromatic rings. The maximum Gasteiger partial charge on any atom is 0.236 e. The number of Topliss-reactive ketones (excluding diaryl/α,β-unsaturated/α-hetero) is 1. The van der Waals surface area contributed by atoms with Gasteiger partial charge in [0.2, 0.25) is 5.91 Å². The Labute approximate surface area is 78.5 Å². The number of carbonyl (C=O) groups excluding carboxylic acids is 2. The molecule has 1 rings (SSSR count). The van der Waals surface area contributed by atoms with Crippen molar-refractivity contribution < 1.29 is 9.59 Å². The molecule has 1 aliphatic heterocycles. The van der Waals surface area contributed by atoms with E-state index in [-0.39, 0.29) is 17.7 Å². The van der Waals surface area contributed by atoms with Crippen LogP contribution in [-0.4, -0.2) is 54.2 Å². The summed E-state index contributed by atoms with van der Waals surface area (Å²) in [5.41, 5.74) is 0. The van der Waals surface area contributed by atoms with E-state index >= 15 is 0 Å². The number of hydrogen-bond donors (Lipinski definition) is 0. The molecule has 1 amide bonds. The topological polar surface area (TPSA) is 40.6 Å².